The molecule has 0 saturated carbocycles. The van der Waals surface area contributed by atoms with Crippen molar-refractivity contribution in [3.63, 3.8) is 0 Å². The van der Waals surface area contributed by atoms with E-state index in [0.29, 0.717) is 16.9 Å². The molecule has 40 heavy (non-hydrogen) atoms. The van der Waals surface area contributed by atoms with Crippen molar-refractivity contribution >= 4 is 41.4 Å². The Balaban J connectivity index is 0.00000560. The zero-order chi connectivity index (χ0) is 28.9. The fourth-order valence-corrected chi connectivity index (χ4v) is 4.46. The average Bonchev–Trinajstić information content (AvgIpc) is 3.24. The maximum atomic E-state index is 14.3. The number of aromatic nitrogens is 2. The van der Waals surface area contributed by atoms with E-state index in [2.05, 4.69) is 5.10 Å². The number of amides is 1. The second-order valence-electron chi connectivity index (χ2n) is 9.81. The third-order valence-corrected chi connectivity index (χ3v) is 6.33. The Morgan fingerprint density at radius 1 is 1.02 bits per heavy atom. The van der Waals surface area contributed by atoms with Crippen molar-refractivity contribution in [1.82, 2.24) is 14.7 Å². The number of hydrogen-bond donors (Lipinski definition) is 3. The molecule has 0 aliphatic carbocycles. The molecule has 0 spiro atoms. The van der Waals surface area contributed by atoms with E-state index in [4.69, 9.17) is 5.11 Å². The first-order chi connectivity index (χ1) is 18.4. The molecule has 0 bridgehead atoms. The Bertz CT molecular complexity index is 1320. The summed E-state index contributed by atoms with van der Waals surface area (Å²) < 4.78 is 43.1. The Kier molecular flexibility index (Phi) is 12.4. The first-order valence-electron chi connectivity index (χ1n) is 12.5. The summed E-state index contributed by atoms with van der Waals surface area (Å²) in [5.74, 6) is -4.47. The minimum absolute atomic E-state index is 0. The van der Waals surface area contributed by atoms with Crippen LogP contribution in [0, 0.1) is 17.5 Å². The van der Waals surface area contributed by atoms with Crippen molar-refractivity contribution in [2.45, 2.75) is 64.2 Å². The molecule has 0 aliphatic rings. The van der Waals surface area contributed by atoms with Crippen molar-refractivity contribution in [1.29, 1.82) is 0 Å². The molecule has 12 heteroatoms. The van der Waals surface area contributed by atoms with E-state index in [1.807, 2.05) is 13.8 Å². The van der Waals surface area contributed by atoms with E-state index in [-0.39, 0.29) is 72.5 Å². The minimum atomic E-state index is -1.22. The van der Waals surface area contributed by atoms with Gasteiger partial charge in [-0.3, -0.25) is 9.59 Å². The molecule has 3 rings (SSSR count). The van der Waals surface area contributed by atoms with Crippen LogP contribution in [0.15, 0.2) is 42.5 Å². The predicted octanol–water partition coefficient (Wildman–Crippen LogP) is 3.56. The van der Waals surface area contributed by atoms with Gasteiger partial charge in [0.15, 0.2) is 17.3 Å². The molecule has 0 aliphatic heterocycles. The second kappa shape index (κ2) is 14.8. The monoisotopic (exact) mass is 571 g/mol. The van der Waals surface area contributed by atoms with Crippen molar-refractivity contribution < 1.29 is 38.1 Å². The molecular weight excluding hydrogens is 538 g/mol. The summed E-state index contributed by atoms with van der Waals surface area (Å²) in [7, 11) is 1.45. The van der Waals surface area contributed by atoms with Crippen molar-refractivity contribution in [3.8, 4) is 5.69 Å². The zero-order valence-corrected chi connectivity index (χ0v) is 21.9. The standard InChI is InChI=1S/C28H32F3N3O5.Na.H/c1-16(2)25-23(12-11-20(35)13-21(36)14-24(37)38)34(19-9-7-18(29)8-10-19)32-27(25)28(39)33(3)15-17-5-4-6-22(30)26(17)31;;/h4-10,16,20-21,35-36H,11-15H2,1-3H3,(H,37,38);;/t20-,21-;;/m1../s1. The summed E-state index contributed by atoms with van der Waals surface area (Å²) in [5, 5.41) is 33.7. The van der Waals surface area contributed by atoms with Crippen LogP contribution in [0.2, 0.25) is 0 Å². The zero-order valence-electron chi connectivity index (χ0n) is 21.9. The van der Waals surface area contributed by atoms with E-state index < -0.39 is 48.0 Å². The molecule has 1 heterocycles. The number of carbonyl (C=O) groups excluding carboxylic acids is 1. The molecule has 0 radical (unpaired) electrons. The SMILES string of the molecule is CC(C)c1c(C(=O)N(C)Cc2cccc(F)c2F)nn(-c2ccc(F)cc2)c1CC[C@@H](O)C[C@@H](O)CC(=O)O.[NaH]. The molecule has 1 amide bonds. The van der Waals surface area contributed by atoms with Crippen LogP contribution in [0.25, 0.3) is 5.69 Å². The van der Waals surface area contributed by atoms with Crippen LogP contribution in [0.5, 0.6) is 0 Å². The van der Waals surface area contributed by atoms with Crippen LogP contribution in [0.1, 0.15) is 66.3 Å². The predicted molar refractivity (Wildman–Crippen MR) is 144 cm³/mol. The van der Waals surface area contributed by atoms with E-state index in [0.717, 1.165) is 6.07 Å². The molecule has 2 aromatic carbocycles. The molecule has 2 atom stereocenters. The van der Waals surface area contributed by atoms with Gasteiger partial charge in [-0.2, -0.15) is 5.10 Å². The molecule has 1 aromatic heterocycles. The first kappa shape index (κ1) is 33.5. The number of carbonyl (C=O) groups is 2. The molecule has 0 saturated heterocycles. The number of nitrogens with zero attached hydrogens (tertiary/aromatic N) is 3. The first-order valence-corrected chi connectivity index (χ1v) is 12.5. The topological polar surface area (TPSA) is 116 Å². The Labute approximate surface area is 252 Å². The van der Waals surface area contributed by atoms with Crippen LogP contribution in [-0.2, 0) is 17.8 Å². The molecule has 3 aromatic rings. The van der Waals surface area contributed by atoms with Crippen LogP contribution in [-0.4, -0.2) is 90.7 Å². The number of hydrogen-bond acceptors (Lipinski definition) is 5. The van der Waals surface area contributed by atoms with Crippen LogP contribution < -0.4 is 0 Å². The quantitative estimate of drug-likeness (QED) is 0.287. The van der Waals surface area contributed by atoms with Gasteiger partial charge in [0.25, 0.3) is 5.91 Å². The van der Waals surface area contributed by atoms with Crippen molar-refractivity contribution in [3.05, 3.63) is 82.4 Å². The van der Waals surface area contributed by atoms with Gasteiger partial charge in [-0.1, -0.05) is 26.0 Å². The number of carboxylic acid groups (broad SMARTS) is 1. The molecule has 0 unspecified atom stereocenters. The fourth-order valence-electron chi connectivity index (χ4n) is 4.46. The van der Waals surface area contributed by atoms with Gasteiger partial charge in [0.1, 0.15) is 5.82 Å². The summed E-state index contributed by atoms with van der Waals surface area (Å²) in [5.41, 5.74) is 1.67. The summed E-state index contributed by atoms with van der Waals surface area (Å²) in [6, 6.07) is 9.19. The Morgan fingerprint density at radius 3 is 2.27 bits per heavy atom. The van der Waals surface area contributed by atoms with E-state index in [9.17, 15) is 33.0 Å². The van der Waals surface area contributed by atoms with Crippen LogP contribution in [0.3, 0.4) is 0 Å². The number of aliphatic hydroxyl groups is 2. The van der Waals surface area contributed by atoms with Gasteiger partial charge in [0.05, 0.1) is 24.3 Å². The normalized spacial score (nSPS) is 12.6. The van der Waals surface area contributed by atoms with E-state index >= 15 is 0 Å². The molecule has 3 N–H and O–H groups in total. The summed E-state index contributed by atoms with van der Waals surface area (Å²) in [4.78, 5) is 25.6. The summed E-state index contributed by atoms with van der Waals surface area (Å²) in [6.07, 6.45) is -2.58. The third kappa shape index (κ3) is 8.40. The Morgan fingerprint density at radius 2 is 1.68 bits per heavy atom. The fraction of sp³-hybridized carbons (Fsp3) is 0.393. The van der Waals surface area contributed by atoms with Crippen molar-refractivity contribution in [2.75, 3.05) is 7.05 Å². The number of carboxylic acids is 1. The third-order valence-electron chi connectivity index (χ3n) is 6.33. The van der Waals surface area contributed by atoms with E-state index in [1.54, 1.807) is 0 Å². The van der Waals surface area contributed by atoms with Gasteiger partial charge in [0, 0.05) is 30.4 Å². The van der Waals surface area contributed by atoms with E-state index in [1.165, 1.54) is 53.0 Å². The number of benzene rings is 2. The number of aliphatic carboxylic acids is 1. The number of aliphatic hydroxyl groups excluding tert-OH is 2. The van der Waals surface area contributed by atoms with Gasteiger partial charge in [-0.25, -0.2) is 17.9 Å². The second-order valence-corrected chi connectivity index (χ2v) is 9.81. The van der Waals surface area contributed by atoms with Crippen molar-refractivity contribution in [2.24, 2.45) is 0 Å². The molecule has 212 valence electrons. The van der Waals surface area contributed by atoms with Gasteiger partial charge in [0.2, 0.25) is 0 Å². The van der Waals surface area contributed by atoms with Crippen LogP contribution in [0.4, 0.5) is 13.2 Å². The number of rotatable bonds is 12. The van der Waals surface area contributed by atoms with Gasteiger partial charge in [-0.15, -0.1) is 0 Å². The van der Waals surface area contributed by atoms with Gasteiger partial charge >= 0.3 is 35.5 Å². The summed E-state index contributed by atoms with van der Waals surface area (Å²) in [6.45, 7) is 3.50. The molecule has 0 fully saturated rings. The number of halogens is 3. The summed E-state index contributed by atoms with van der Waals surface area (Å²) >= 11 is 0. The molecule has 8 nitrogen and oxygen atoms in total. The molecular formula is C28H33F3N3NaO5. The van der Waals surface area contributed by atoms with Gasteiger partial charge < -0.3 is 20.2 Å². The van der Waals surface area contributed by atoms with Gasteiger partial charge in [-0.05, 0) is 55.5 Å². The average molecular weight is 572 g/mol. The van der Waals surface area contributed by atoms with Crippen LogP contribution >= 0.6 is 0 Å². The maximum absolute atomic E-state index is 14.3. The Hall–Kier alpha value is -2.70.